The molecule has 82 valence electrons. The molecule has 3 heteroatoms. The van der Waals surface area contributed by atoms with Crippen molar-refractivity contribution in [3.63, 3.8) is 0 Å². The van der Waals surface area contributed by atoms with Gasteiger partial charge in [-0.1, -0.05) is 20.3 Å². The van der Waals surface area contributed by atoms with Crippen molar-refractivity contribution >= 4 is 5.78 Å². The van der Waals surface area contributed by atoms with Gasteiger partial charge in [-0.05, 0) is 18.3 Å². The second-order valence-electron chi connectivity index (χ2n) is 5.20. The third-order valence-corrected chi connectivity index (χ3v) is 3.56. The van der Waals surface area contributed by atoms with E-state index in [2.05, 4.69) is 18.9 Å². The molecule has 0 bridgehead atoms. The molecule has 1 aromatic heterocycles. The zero-order valence-electron chi connectivity index (χ0n) is 9.66. The predicted octanol–water partition coefficient (Wildman–Crippen LogP) is 2.43. The maximum absolute atomic E-state index is 12.2. The minimum Gasteiger partial charge on any atom is -0.294 e. The quantitative estimate of drug-likeness (QED) is 0.696. The predicted molar refractivity (Wildman–Crippen MR) is 58.7 cm³/mol. The lowest BCUT2D eigenvalue weighted by molar-refractivity contribution is 0.0839. The Hall–Kier alpha value is -1.12. The lowest BCUT2D eigenvalue weighted by atomic mass is 9.78. The molecule has 1 heterocycles. The molecule has 0 saturated heterocycles. The van der Waals surface area contributed by atoms with Gasteiger partial charge in [-0.15, -0.1) is 0 Å². The highest BCUT2D eigenvalue weighted by Gasteiger charge is 2.39. The second kappa shape index (κ2) is 3.47. The molecule has 1 atom stereocenters. The Morgan fingerprint density at radius 2 is 2.33 bits per heavy atom. The lowest BCUT2D eigenvalue weighted by Gasteiger charge is -2.25. The molecule has 15 heavy (non-hydrogen) atoms. The van der Waals surface area contributed by atoms with Gasteiger partial charge < -0.3 is 0 Å². The van der Waals surface area contributed by atoms with Crippen LogP contribution in [0.25, 0.3) is 0 Å². The summed E-state index contributed by atoms with van der Waals surface area (Å²) in [5.41, 5.74) is 0.921. The fourth-order valence-corrected chi connectivity index (χ4v) is 2.56. The molecule has 0 spiro atoms. The van der Waals surface area contributed by atoms with Gasteiger partial charge >= 0.3 is 0 Å². The molecule has 2 rings (SSSR count). The van der Waals surface area contributed by atoms with Gasteiger partial charge in [-0.25, -0.2) is 0 Å². The van der Waals surface area contributed by atoms with Crippen LogP contribution in [-0.4, -0.2) is 15.6 Å². The minimum atomic E-state index is 0.160. The van der Waals surface area contributed by atoms with Crippen molar-refractivity contribution in [2.24, 2.45) is 18.4 Å². The summed E-state index contributed by atoms with van der Waals surface area (Å²) in [7, 11) is 1.84. The third kappa shape index (κ3) is 1.83. The van der Waals surface area contributed by atoms with Gasteiger partial charge in [0, 0.05) is 19.2 Å². The summed E-state index contributed by atoms with van der Waals surface area (Å²) in [4.78, 5) is 12.2. The van der Waals surface area contributed by atoms with Gasteiger partial charge in [0.05, 0.1) is 11.8 Å². The fourth-order valence-electron chi connectivity index (χ4n) is 2.56. The highest BCUT2D eigenvalue weighted by atomic mass is 16.1. The van der Waals surface area contributed by atoms with E-state index in [1.807, 2.05) is 13.2 Å². The van der Waals surface area contributed by atoms with E-state index < -0.39 is 0 Å². The van der Waals surface area contributed by atoms with E-state index in [9.17, 15) is 4.79 Å². The largest absolute Gasteiger partial charge is 0.294 e. The van der Waals surface area contributed by atoms with Crippen LogP contribution in [0, 0.1) is 11.3 Å². The summed E-state index contributed by atoms with van der Waals surface area (Å²) in [6.07, 6.45) is 6.85. The van der Waals surface area contributed by atoms with Gasteiger partial charge in [-0.3, -0.25) is 9.48 Å². The van der Waals surface area contributed by atoms with E-state index in [0.29, 0.717) is 0 Å². The van der Waals surface area contributed by atoms with Crippen LogP contribution < -0.4 is 0 Å². The Kier molecular flexibility index (Phi) is 2.41. The van der Waals surface area contributed by atoms with Gasteiger partial charge in [-0.2, -0.15) is 5.10 Å². The smallest absolute Gasteiger partial charge is 0.169 e. The standard InChI is InChI=1S/C12H18N2O/c1-12(2)6-4-5-10(12)11(15)9-7-13-14(3)8-9/h7-8,10H,4-6H2,1-3H3. The molecular formula is C12H18N2O. The van der Waals surface area contributed by atoms with Gasteiger partial charge in [0.1, 0.15) is 0 Å². The number of carbonyl (C=O) groups is 1. The first-order valence-corrected chi connectivity index (χ1v) is 5.53. The topological polar surface area (TPSA) is 34.9 Å². The molecule has 1 unspecified atom stereocenters. The number of rotatable bonds is 2. The van der Waals surface area contributed by atoms with Gasteiger partial charge in [0.25, 0.3) is 0 Å². The van der Waals surface area contributed by atoms with Crippen molar-refractivity contribution in [3.8, 4) is 0 Å². The Bertz CT molecular complexity index is 379. The molecule has 1 fully saturated rings. The fraction of sp³-hybridized carbons (Fsp3) is 0.667. The first-order valence-electron chi connectivity index (χ1n) is 5.53. The number of hydrogen-bond acceptors (Lipinski definition) is 2. The molecular weight excluding hydrogens is 188 g/mol. The summed E-state index contributed by atoms with van der Waals surface area (Å²) in [6, 6.07) is 0. The van der Waals surface area contributed by atoms with Crippen LogP contribution in [-0.2, 0) is 7.05 Å². The average molecular weight is 206 g/mol. The summed E-state index contributed by atoms with van der Waals surface area (Å²) >= 11 is 0. The van der Waals surface area contributed by atoms with Crippen molar-refractivity contribution in [1.82, 2.24) is 9.78 Å². The maximum Gasteiger partial charge on any atom is 0.169 e. The van der Waals surface area contributed by atoms with Crippen molar-refractivity contribution in [1.29, 1.82) is 0 Å². The third-order valence-electron chi connectivity index (χ3n) is 3.56. The second-order valence-corrected chi connectivity index (χ2v) is 5.20. The van der Waals surface area contributed by atoms with Crippen LogP contribution in [0.1, 0.15) is 43.5 Å². The minimum absolute atomic E-state index is 0.160. The molecule has 1 aliphatic carbocycles. The molecule has 0 amide bonds. The van der Waals surface area contributed by atoms with E-state index in [1.54, 1.807) is 10.9 Å². The Balaban J connectivity index is 2.21. The highest BCUT2D eigenvalue weighted by molar-refractivity contribution is 5.98. The maximum atomic E-state index is 12.2. The van der Waals surface area contributed by atoms with Crippen LogP contribution in [0.2, 0.25) is 0 Å². The van der Waals surface area contributed by atoms with E-state index >= 15 is 0 Å². The summed E-state index contributed by atoms with van der Waals surface area (Å²) in [5.74, 6) is 0.451. The molecule has 0 N–H and O–H groups in total. The first-order chi connectivity index (χ1) is 7.00. The number of carbonyl (C=O) groups excluding carboxylic acids is 1. The lowest BCUT2D eigenvalue weighted by Crippen LogP contribution is -2.25. The number of ketones is 1. The van der Waals surface area contributed by atoms with E-state index in [0.717, 1.165) is 18.4 Å². The summed E-state index contributed by atoms with van der Waals surface area (Å²) < 4.78 is 1.69. The van der Waals surface area contributed by atoms with Crippen LogP contribution in [0.5, 0.6) is 0 Å². The first kappa shape index (κ1) is 10.4. The Morgan fingerprint density at radius 1 is 1.60 bits per heavy atom. The Morgan fingerprint density at radius 3 is 2.80 bits per heavy atom. The average Bonchev–Trinajstić information content (AvgIpc) is 2.70. The van der Waals surface area contributed by atoms with Crippen LogP contribution in [0.3, 0.4) is 0 Å². The molecule has 0 aliphatic heterocycles. The molecule has 1 aliphatic rings. The summed E-state index contributed by atoms with van der Waals surface area (Å²) in [6.45, 7) is 4.39. The van der Waals surface area contributed by atoms with E-state index in [4.69, 9.17) is 0 Å². The highest BCUT2D eigenvalue weighted by Crippen LogP contribution is 2.43. The normalized spacial score (nSPS) is 24.3. The molecule has 0 aromatic carbocycles. The van der Waals surface area contributed by atoms with Crippen molar-refractivity contribution in [2.45, 2.75) is 33.1 Å². The number of aromatic nitrogens is 2. The van der Waals surface area contributed by atoms with Gasteiger partial charge in [0.2, 0.25) is 0 Å². The van der Waals surface area contributed by atoms with E-state index in [-0.39, 0.29) is 17.1 Å². The van der Waals surface area contributed by atoms with Crippen molar-refractivity contribution in [2.75, 3.05) is 0 Å². The van der Waals surface area contributed by atoms with Crippen LogP contribution in [0.4, 0.5) is 0 Å². The molecule has 1 saturated carbocycles. The molecule has 1 aromatic rings. The molecule has 0 radical (unpaired) electrons. The molecule has 3 nitrogen and oxygen atoms in total. The summed E-state index contributed by atoms with van der Waals surface area (Å²) in [5, 5.41) is 4.05. The van der Waals surface area contributed by atoms with Crippen LogP contribution >= 0.6 is 0 Å². The number of Topliss-reactive ketones (excluding diaryl/α,β-unsaturated/α-hetero) is 1. The van der Waals surface area contributed by atoms with Crippen LogP contribution in [0.15, 0.2) is 12.4 Å². The van der Waals surface area contributed by atoms with Crippen molar-refractivity contribution in [3.05, 3.63) is 18.0 Å². The zero-order chi connectivity index (χ0) is 11.1. The van der Waals surface area contributed by atoms with Crippen molar-refractivity contribution < 1.29 is 4.79 Å². The van der Waals surface area contributed by atoms with Gasteiger partial charge in [0.15, 0.2) is 5.78 Å². The zero-order valence-corrected chi connectivity index (χ0v) is 9.66. The van der Waals surface area contributed by atoms with E-state index in [1.165, 1.54) is 6.42 Å². The number of nitrogens with zero attached hydrogens (tertiary/aromatic N) is 2. The monoisotopic (exact) mass is 206 g/mol. The Labute approximate surface area is 90.5 Å². The number of hydrogen-bond donors (Lipinski definition) is 0. The SMILES string of the molecule is Cn1cc(C(=O)C2CCCC2(C)C)cn1. The number of aryl methyl sites for hydroxylation is 1.